The maximum atomic E-state index is 10.4. The van der Waals surface area contributed by atoms with Gasteiger partial charge in [-0.05, 0) is 63.6 Å². The molecule has 0 aliphatic carbocycles. The molecule has 272 valence electrons. The average Bonchev–Trinajstić information content (AvgIpc) is 3.76. The van der Waals surface area contributed by atoms with Gasteiger partial charge in [0.05, 0.1) is 0 Å². The molecule has 0 aromatic heterocycles. The molecule has 19 heteroatoms. The number of carbonyl (C=O) groups is 7. The van der Waals surface area contributed by atoms with Crippen LogP contribution in [0.25, 0.3) is 0 Å². The second-order valence-corrected chi connectivity index (χ2v) is 10.5. The fourth-order valence-electron chi connectivity index (χ4n) is 3.59. The molecule has 0 bridgehead atoms. The first-order valence-corrected chi connectivity index (χ1v) is 14.9. The number of nitrogens with one attached hydrogen (secondary N) is 2. The average molecular weight is 688 g/mol. The normalized spacial score (nSPS) is 17.7. The van der Waals surface area contributed by atoms with Crippen molar-refractivity contribution in [1.29, 1.82) is 0 Å². The number of carbonyl (C=O) groups excluding carboxylic acids is 2. The first-order valence-electron chi connectivity index (χ1n) is 14.9. The number of nitrogens with two attached hydrogens (primary N) is 5. The van der Waals surface area contributed by atoms with Crippen LogP contribution in [0.15, 0.2) is 30.3 Å². The topological polar surface area (TPSA) is 375 Å². The molecule has 3 rings (SSSR count). The van der Waals surface area contributed by atoms with Crippen molar-refractivity contribution in [1.82, 2.24) is 10.6 Å². The van der Waals surface area contributed by atoms with Gasteiger partial charge in [-0.2, -0.15) is 0 Å². The lowest BCUT2D eigenvalue weighted by Gasteiger charge is -2.04. The lowest BCUT2D eigenvalue weighted by Crippen LogP contribution is -2.32. The number of rotatable bonds is 13. The van der Waals surface area contributed by atoms with Gasteiger partial charge < -0.3 is 64.8 Å². The Morgan fingerprint density at radius 1 is 0.625 bits per heavy atom. The molecule has 1 aromatic rings. The summed E-state index contributed by atoms with van der Waals surface area (Å²) in [6.07, 6.45) is 4.20. The van der Waals surface area contributed by atoms with E-state index in [9.17, 15) is 33.6 Å². The molecule has 2 aliphatic rings. The van der Waals surface area contributed by atoms with Crippen LogP contribution in [0, 0.1) is 0 Å². The summed E-state index contributed by atoms with van der Waals surface area (Å²) in [6.45, 7) is 1.72. The van der Waals surface area contributed by atoms with E-state index in [1.807, 2.05) is 30.3 Å². The van der Waals surface area contributed by atoms with Crippen molar-refractivity contribution >= 4 is 41.7 Å². The van der Waals surface area contributed by atoms with Crippen molar-refractivity contribution in [3.05, 3.63) is 35.9 Å². The predicted octanol–water partition coefficient (Wildman–Crippen LogP) is -2.39. The number of carboxylic acids is 5. The number of hydrogen-bond donors (Lipinski definition) is 12. The standard InChI is InChI=1S/C9H11NO2.2C5H10N2O3.2C5H9NO2/c10-8(9(11)12)6-7-4-2-1-3-5-7;2*6-3(5(9)10)1-2-4(7)8;2*7-5(8)4-2-1-3-6-4/h1-5,8H,6,10H2,(H,11,12);2*3H,1-2,6H2,(H2,7,8)(H,9,10);2*4,6H,1-3H2,(H,7,8)/t8-;2*3-;2*4-/m00000/s1. The second-order valence-electron chi connectivity index (χ2n) is 10.5. The number of amides is 2. The zero-order valence-electron chi connectivity index (χ0n) is 26.5. The van der Waals surface area contributed by atoms with Gasteiger partial charge in [-0.15, -0.1) is 0 Å². The van der Waals surface area contributed by atoms with Crippen LogP contribution in [0.3, 0.4) is 0 Å². The minimum Gasteiger partial charge on any atom is -0.480 e. The minimum absolute atomic E-state index is 0.0213. The lowest BCUT2D eigenvalue weighted by atomic mass is 10.1. The van der Waals surface area contributed by atoms with Crippen LogP contribution in [0.5, 0.6) is 0 Å². The van der Waals surface area contributed by atoms with Gasteiger partial charge in [0.1, 0.15) is 30.2 Å². The molecule has 2 saturated heterocycles. The number of hydrogen-bond acceptors (Lipinski definition) is 12. The highest BCUT2D eigenvalue weighted by molar-refractivity contribution is 5.77. The van der Waals surface area contributed by atoms with E-state index < -0.39 is 59.8 Å². The quantitative estimate of drug-likeness (QED) is 0.103. The summed E-state index contributed by atoms with van der Waals surface area (Å²) in [5.41, 5.74) is 25.9. The molecular weight excluding hydrogens is 638 g/mol. The molecule has 2 amide bonds. The fraction of sp³-hybridized carbons (Fsp3) is 0.552. The van der Waals surface area contributed by atoms with Crippen LogP contribution in [-0.2, 0) is 40.0 Å². The SMILES string of the molecule is NC(=O)CC[C@H](N)C(=O)O.NC(=O)CC[C@H](N)C(=O)O.N[C@@H](Cc1ccccc1)C(=O)O.O=C(O)[C@@H]1CCCN1.O=C(O)[C@@H]1CCCN1. The summed E-state index contributed by atoms with van der Waals surface area (Å²) in [6, 6.07) is 6.05. The monoisotopic (exact) mass is 687 g/mol. The molecule has 2 aliphatic heterocycles. The highest BCUT2D eigenvalue weighted by atomic mass is 16.4. The fourth-order valence-corrected chi connectivity index (χ4v) is 3.59. The molecule has 0 spiro atoms. The summed E-state index contributed by atoms with van der Waals surface area (Å²) in [5, 5.41) is 47.4. The summed E-state index contributed by atoms with van der Waals surface area (Å²) >= 11 is 0. The van der Waals surface area contributed by atoms with E-state index >= 15 is 0 Å². The van der Waals surface area contributed by atoms with Gasteiger partial charge in [-0.3, -0.25) is 33.6 Å². The molecule has 19 nitrogen and oxygen atoms in total. The van der Waals surface area contributed by atoms with Gasteiger partial charge in [0.25, 0.3) is 0 Å². The van der Waals surface area contributed by atoms with E-state index in [2.05, 4.69) is 10.6 Å². The van der Waals surface area contributed by atoms with Crippen molar-refractivity contribution in [2.45, 2.75) is 88.0 Å². The largest absolute Gasteiger partial charge is 0.480 e. The van der Waals surface area contributed by atoms with Crippen molar-refractivity contribution < 1.29 is 59.1 Å². The van der Waals surface area contributed by atoms with Crippen LogP contribution in [0.4, 0.5) is 0 Å². The maximum absolute atomic E-state index is 10.4. The van der Waals surface area contributed by atoms with E-state index in [4.69, 9.17) is 54.2 Å². The predicted molar refractivity (Wildman–Crippen MR) is 171 cm³/mol. The Balaban J connectivity index is 0. The summed E-state index contributed by atoms with van der Waals surface area (Å²) < 4.78 is 0. The van der Waals surface area contributed by atoms with Crippen molar-refractivity contribution in [3.63, 3.8) is 0 Å². The van der Waals surface area contributed by atoms with Crippen LogP contribution >= 0.6 is 0 Å². The Morgan fingerprint density at radius 2 is 0.979 bits per heavy atom. The first kappa shape index (κ1) is 45.4. The Morgan fingerprint density at radius 3 is 1.21 bits per heavy atom. The number of benzene rings is 1. The number of aliphatic carboxylic acids is 5. The Kier molecular flexibility index (Phi) is 25.0. The van der Waals surface area contributed by atoms with Crippen molar-refractivity contribution in [2.24, 2.45) is 28.7 Å². The highest BCUT2D eigenvalue weighted by Gasteiger charge is 2.21. The molecule has 0 unspecified atom stereocenters. The zero-order chi connectivity index (χ0) is 37.2. The highest BCUT2D eigenvalue weighted by Crippen LogP contribution is 2.04. The molecule has 48 heavy (non-hydrogen) atoms. The van der Waals surface area contributed by atoms with E-state index in [-0.39, 0.29) is 37.8 Å². The number of primary amides is 2. The molecule has 0 radical (unpaired) electrons. The third-order valence-electron chi connectivity index (χ3n) is 6.37. The Bertz CT molecular complexity index is 1080. The molecule has 17 N–H and O–H groups in total. The van der Waals surface area contributed by atoms with Crippen LogP contribution in [-0.4, -0.2) is 110 Å². The maximum Gasteiger partial charge on any atom is 0.320 e. The summed E-state index contributed by atoms with van der Waals surface area (Å²) in [7, 11) is 0. The zero-order valence-corrected chi connectivity index (χ0v) is 26.5. The molecule has 2 heterocycles. The minimum atomic E-state index is -1.11. The third-order valence-corrected chi connectivity index (χ3v) is 6.37. The van der Waals surface area contributed by atoms with Gasteiger partial charge in [0.2, 0.25) is 11.8 Å². The molecule has 5 atom stereocenters. The van der Waals surface area contributed by atoms with Gasteiger partial charge in [0.15, 0.2) is 0 Å². The molecule has 2 fully saturated rings. The smallest absolute Gasteiger partial charge is 0.320 e. The van der Waals surface area contributed by atoms with Gasteiger partial charge >= 0.3 is 29.8 Å². The van der Waals surface area contributed by atoms with Crippen LogP contribution in [0.1, 0.15) is 56.9 Å². The second kappa shape index (κ2) is 26.4. The van der Waals surface area contributed by atoms with E-state index in [0.29, 0.717) is 6.42 Å². The molecule has 0 saturated carbocycles. The lowest BCUT2D eigenvalue weighted by molar-refractivity contribution is -0.140. The van der Waals surface area contributed by atoms with Gasteiger partial charge in [0, 0.05) is 12.8 Å². The van der Waals surface area contributed by atoms with Crippen molar-refractivity contribution in [3.8, 4) is 0 Å². The van der Waals surface area contributed by atoms with E-state index in [0.717, 1.165) is 44.3 Å². The third kappa shape index (κ3) is 25.5. The van der Waals surface area contributed by atoms with Crippen LogP contribution in [0.2, 0.25) is 0 Å². The van der Waals surface area contributed by atoms with Gasteiger partial charge in [-0.25, -0.2) is 0 Å². The number of carboxylic acid groups (broad SMARTS) is 5. The summed E-state index contributed by atoms with van der Waals surface area (Å²) in [4.78, 5) is 70.9. The van der Waals surface area contributed by atoms with Crippen LogP contribution < -0.4 is 39.3 Å². The van der Waals surface area contributed by atoms with Crippen molar-refractivity contribution in [2.75, 3.05) is 13.1 Å². The summed E-state index contributed by atoms with van der Waals surface area (Å²) in [5.74, 6) is -5.68. The molecular formula is C29H49N7O12. The molecule has 1 aromatic carbocycles. The first-order chi connectivity index (χ1) is 22.4. The van der Waals surface area contributed by atoms with E-state index in [1.165, 1.54) is 0 Å². The van der Waals surface area contributed by atoms with E-state index in [1.54, 1.807) is 0 Å². The Hall–Kier alpha value is -4.69. The van der Waals surface area contributed by atoms with Gasteiger partial charge in [-0.1, -0.05) is 30.3 Å². The Labute approximate surface area is 277 Å².